The summed E-state index contributed by atoms with van der Waals surface area (Å²) in [6, 6.07) is 13.8. The van der Waals surface area contributed by atoms with Crippen molar-refractivity contribution in [3.63, 3.8) is 0 Å². The molecule has 1 aliphatic rings. The van der Waals surface area contributed by atoms with E-state index < -0.39 is 5.91 Å². The summed E-state index contributed by atoms with van der Waals surface area (Å²) in [6.45, 7) is 0. The van der Waals surface area contributed by atoms with Crippen molar-refractivity contribution in [3.8, 4) is 11.4 Å². The molecule has 0 aliphatic heterocycles. The quantitative estimate of drug-likeness (QED) is 0.790. The summed E-state index contributed by atoms with van der Waals surface area (Å²) in [4.78, 5) is 19.7. The predicted octanol–water partition coefficient (Wildman–Crippen LogP) is 3.28. The highest BCUT2D eigenvalue weighted by atomic mass is 16.5. The minimum Gasteiger partial charge on any atom is -0.364 e. The molecule has 3 aromatic rings. The lowest BCUT2D eigenvalue weighted by Crippen LogP contribution is -2.12. The van der Waals surface area contributed by atoms with Crippen LogP contribution in [0.3, 0.4) is 0 Å². The van der Waals surface area contributed by atoms with Gasteiger partial charge in [-0.3, -0.25) is 9.78 Å². The average Bonchev–Trinajstić information content (AvgIpc) is 3.32. The van der Waals surface area contributed by atoms with Gasteiger partial charge >= 0.3 is 0 Å². The third kappa shape index (κ3) is 3.03. The zero-order valence-electron chi connectivity index (χ0n) is 13.6. The lowest BCUT2D eigenvalue weighted by molar-refractivity contribution is 0.0995. The van der Waals surface area contributed by atoms with Crippen molar-refractivity contribution < 1.29 is 9.32 Å². The molecule has 126 valence electrons. The Balaban J connectivity index is 1.59. The Hall–Kier alpha value is -3.02. The Morgan fingerprint density at radius 1 is 1.08 bits per heavy atom. The minimum atomic E-state index is -0.558. The molecular formula is C19H18N4O2. The van der Waals surface area contributed by atoms with Crippen LogP contribution in [-0.4, -0.2) is 21.0 Å². The van der Waals surface area contributed by atoms with Crippen molar-refractivity contribution in [2.75, 3.05) is 0 Å². The van der Waals surface area contributed by atoms with Gasteiger partial charge in [-0.1, -0.05) is 41.9 Å². The number of pyridine rings is 1. The van der Waals surface area contributed by atoms with Crippen LogP contribution < -0.4 is 5.73 Å². The monoisotopic (exact) mass is 334 g/mol. The normalized spacial score (nSPS) is 19.8. The van der Waals surface area contributed by atoms with E-state index in [1.54, 1.807) is 12.1 Å². The highest BCUT2D eigenvalue weighted by Gasteiger charge is 2.34. The molecular weight excluding hydrogens is 316 g/mol. The van der Waals surface area contributed by atoms with Crippen molar-refractivity contribution >= 4 is 5.91 Å². The van der Waals surface area contributed by atoms with E-state index in [1.165, 1.54) is 11.8 Å². The van der Waals surface area contributed by atoms with Gasteiger partial charge in [0.25, 0.3) is 5.91 Å². The predicted molar refractivity (Wildman–Crippen MR) is 91.8 cm³/mol. The van der Waals surface area contributed by atoms with Gasteiger partial charge in [-0.25, -0.2) is 0 Å². The fourth-order valence-electron chi connectivity index (χ4n) is 3.53. The molecule has 4 rings (SSSR count). The molecule has 0 saturated heterocycles. The lowest BCUT2D eigenvalue weighted by Gasteiger charge is -2.16. The molecule has 0 spiro atoms. The first-order valence-corrected chi connectivity index (χ1v) is 8.37. The van der Waals surface area contributed by atoms with Crippen LogP contribution in [0, 0.1) is 0 Å². The first kappa shape index (κ1) is 15.5. The van der Waals surface area contributed by atoms with Crippen molar-refractivity contribution in [2.45, 2.75) is 31.1 Å². The number of primary amides is 1. The summed E-state index contributed by atoms with van der Waals surface area (Å²) in [5, 5.41) is 4.09. The van der Waals surface area contributed by atoms with Crippen LogP contribution in [0.15, 0.2) is 53.2 Å². The Labute approximate surface area is 145 Å². The Kier molecular flexibility index (Phi) is 4.01. The first-order valence-electron chi connectivity index (χ1n) is 8.37. The maximum atomic E-state index is 11.1. The summed E-state index contributed by atoms with van der Waals surface area (Å²) in [5.74, 6) is 1.24. The molecule has 1 aromatic carbocycles. The Morgan fingerprint density at radius 3 is 2.60 bits per heavy atom. The number of hydrogen-bond donors (Lipinski definition) is 1. The van der Waals surface area contributed by atoms with Gasteiger partial charge in [-0.05, 0) is 36.5 Å². The van der Waals surface area contributed by atoms with E-state index in [4.69, 9.17) is 10.3 Å². The van der Waals surface area contributed by atoms with E-state index >= 15 is 0 Å². The highest BCUT2D eigenvalue weighted by molar-refractivity contribution is 5.90. The summed E-state index contributed by atoms with van der Waals surface area (Å²) < 4.78 is 5.55. The number of nitrogens with zero attached hydrogens (tertiary/aromatic N) is 3. The summed E-state index contributed by atoms with van der Waals surface area (Å²) in [6.07, 6.45) is 4.86. The zero-order chi connectivity index (χ0) is 17.2. The van der Waals surface area contributed by atoms with Crippen molar-refractivity contribution in [1.29, 1.82) is 0 Å². The van der Waals surface area contributed by atoms with E-state index in [2.05, 4.69) is 39.4 Å². The molecule has 2 heterocycles. The molecule has 1 amide bonds. The van der Waals surface area contributed by atoms with Crippen LogP contribution in [0.5, 0.6) is 0 Å². The summed E-state index contributed by atoms with van der Waals surface area (Å²) >= 11 is 0. The molecule has 1 saturated carbocycles. The van der Waals surface area contributed by atoms with E-state index in [0.29, 0.717) is 23.2 Å². The van der Waals surface area contributed by atoms with E-state index in [9.17, 15) is 4.79 Å². The molecule has 2 unspecified atom stereocenters. The van der Waals surface area contributed by atoms with E-state index in [1.807, 2.05) is 6.07 Å². The average molecular weight is 334 g/mol. The molecule has 1 fully saturated rings. The third-order valence-electron chi connectivity index (χ3n) is 4.78. The van der Waals surface area contributed by atoms with Gasteiger partial charge in [0, 0.05) is 17.7 Å². The first-order chi connectivity index (χ1) is 12.2. The topological polar surface area (TPSA) is 94.9 Å². The number of carbonyl (C=O) groups is 1. The number of amides is 1. The van der Waals surface area contributed by atoms with E-state index in [0.717, 1.165) is 19.3 Å². The number of hydrogen-bond acceptors (Lipinski definition) is 5. The minimum absolute atomic E-state index is 0.215. The molecule has 6 heteroatoms. The second-order valence-electron chi connectivity index (χ2n) is 6.31. The van der Waals surface area contributed by atoms with Crippen molar-refractivity contribution in [2.24, 2.45) is 5.73 Å². The molecule has 25 heavy (non-hydrogen) atoms. The largest absolute Gasteiger partial charge is 0.364 e. The summed E-state index contributed by atoms with van der Waals surface area (Å²) in [7, 11) is 0. The second-order valence-corrected chi connectivity index (χ2v) is 6.31. The number of benzene rings is 1. The third-order valence-corrected chi connectivity index (χ3v) is 4.78. The molecule has 1 aliphatic carbocycles. The summed E-state index contributed by atoms with van der Waals surface area (Å²) in [5.41, 5.74) is 7.44. The van der Waals surface area contributed by atoms with Crippen LogP contribution in [0.25, 0.3) is 11.4 Å². The zero-order valence-corrected chi connectivity index (χ0v) is 13.6. The number of nitrogens with two attached hydrogens (primary N) is 1. The SMILES string of the molecule is NC(=O)c1ccc(-c2noc(C3CCCC3c3ccccc3)n2)cn1. The fraction of sp³-hybridized carbons (Fsp3) is 0.263. The second kappa shape index (κ2) is 6.47. The van der Waals surface area contributed by atoms with Crippen LogP contribution in [0.2, 0.25) is 0 Å². The number of aromatic nitrogens is 3. The molecule has 0 bridgehead atoms. The molecule has 2 atom stereocenters. The van der Waals surface area contributed by atoms with Gasteiger partial charge < -0.3 is 10.3 Å². The van der Waals surface area contributed by atoms with Gasteiger partial charge in [-0.2, -0.15) is 4.98 Å². The van der Waals surface area contributed by atoms with Gasteiger partial charge in [0.1, 0.15) is 5.69 Å². The molecule has 2 N–H and O–H groups in total. The number of carbonyl (C=O) groups excluding carboxylic acids is 1. The van der Waals surface area contributed by atoms with Crippen LogP contribution >= 0.6 is 0 Å². The maximum absolute atomic E-state index is 11.1. The van der Waals surface area contributed by atoms with Crippen LogP contribution in [0.4, 0.5) is 0 Å². The molecule has 2 aromatic heterocycles. The van der Waals surface area contributed by atoms with Gasteiger partial charge in [0.15, 0.2) is 0 Å². The smallest absolute Gasteiger partial charge is 0.267 e. The van der Waals surface area contributed by atoms with E-state index in [-0.39, 0.29) is 11.6 Å². The number of rotatable bonds is 4. The fourth-order valence-corrected chi connectivity index (χ4v) is 3.53. The van der Waals surface area contributed by atoms with Gasteiger partial charge in [-0.15, -0.1) is 0 Å². The van der Waals surface area contributed by atoms with Crippen molar-refractivity contribution in [1.82, 2.24) is 15.1 Å². The van der Waals surface area contributed by atoms with Gasteiger partial charge in [0.05, 0.1) is 0 Å². The van der Waals surface area contributed by atoms with Crippen molar-refractivity contribution in [3.05, 3.63) is 65.8 Å². The molecule has 0 radical (unpaired) electrons. The Bertz CT molecular complexity index is 874. The molecule has 6 nitrogen and oxygen atoms in total. The van der Waals surface area contributed by atoms with Gasteiger partial charge in [0.2, 0.25) is 11.7 Å². The Morgan fingerprint density at radius 2 is 1.88 bits per heavy atom. The highest BCUT2D eigenvalue weighted by Crippen LogP contribution is 2.45. The lowest BCUT2D eigenvalue weighted by atomic mass is 9.89. The maximum Gasteiger partial charge on any atom is 0.267 e. The van der Waals surface area contributed by atoms with Crippen LogP contribution in [-0.2, 0) is 0 Å². The van der Waals surface area contributed by atoms with Crippen LogP contribution in [0.1, 0.15) is 53.0 Å². The standard InChI is InChI=1S/C19H18N4O2/c20-17(24)16-10-9-13(11-21-16)18-22-19(25-23-18)15-8-4-7-14(15)12-5-2-1-3-6-12/h1-3,5-6,9-11,14-15H,4,7-8H2,(H2,20,24).